The zero-order chi connectivity index (χ0) is 13.4. The number of carbonyl (C=O) groups is 1. The number of nitrogens with zero attached hydrogens (tertiary/aromatic N) is 1. The molecule has 1 aliphatic heterocycles. The Kier molecular flexibility index (Phi) is 7.28. The summed E-state index contributed by atoms with van der Waals surface area (Å²) in [5, 5.41) is 6.47. The molecular weight excluding hydrogens is 226 g/mol. The first kappa shape index (κ1) is 15.4. The Morgan fingerprint density at radius 1 is 1.50 bits per heavy atom. The van der Waals surface area contributed by atoms with Crippen molar-refractivity contribution in [3.05, 3.63) is 0 Å². The van der Waals surface area contributed by atoms with Gasteiger partial charge < -0.3 is 10.6 Å². The molecule has 0 aromatic rings. The molecule has 0 aromatic heterocycles. The van der Waals surface area contributed by atoms with Crippen LogP contribution in [-0.4, -0.2) is 49.6 Å². The van der Waals surface area contributed by atoms with E-state index in [2.05, 4.69) is 36.3 Å². The van der Waals surface area contributed by atoms with Crippen molar-refractivity contribution in [1.29, 1.82) is 0 Å². The lowest BCUT2D eigenvalue weighted by Crippen LogP contribution is -2.44. The standard InChI is InChI=1S/C14H29N3O/c1-4-12(3)16-14(18)11-17(5-2)10-13-7-6-8-15-9-13/h12-13,15H,4-11H2,1-3H3,(H,16,18). The van der Waals surface area contributed by atoms with Crippen molar-refractivity contribution in [1.82, 2.24) is 15.5 Å². The zero-order valence-electron chi connectivity index (χ0n) is 12.2. The highest BCUT2D eigenvalue weighted by Gasteiger charge is 2.18. The van der Waals surface area contributed by atoms with Crippen LogP contribution in [0.3, 0.4) is 0 Å². The van der Waals surface area contributed by atoms with Gasteiger partial charge in [0.25, 0.3) is 0 Å². The largest absolute Gasteiger partial charge is 0.353 e. The maximum atomic E-state index is 11.9. The molecule has 2 unspecified atom stereocenters. The zero-order valence-corrected chi connectivity index (χ0v) is 12.2. The quantitative estimate of drug-likeness (QED) is 0.719. The van der Waals surface area contributed by atoms with Crippen LogP contribution in [0.25, 0.3) is 0 Å². The molecule has 4 nitrogen and oxygen atoms in total. The van der Waals surface area contributed by atoms with E-state index in [1.165, 1.54) is 12.8 Å². The first-order valence-corrected chi connectivity index (χ1v) is 7.38. The number of hydrogen-bond donors (Lipinski definition) is 2. The van der Waals surface area contributed by atoms with Crippen LogP contribution in [0.15, 0.2) is 0 Å². The number of carbonyl (C=O) groups excluding carboxylic acids is 1. The van der Waals surface area contributed by atoms with Crippen molar-refractivity contribution in [2.45, 2.75) is 46.1 Å². The molecule has 2 atom stereocenters. The predicted octanol–water partition coefficient (Wildman–Crippen LogP) is 1.22. The highest BCUT2D eigenvalue weighted by Crippen LogP contribution is 2.11. The molecule has 1 rings (SSSR count). The maximum absolute atomic E-state index is 11.9. The SMILES string of the molecule is CCC(C)NC(=O)CN(CC)CC1CCCNC1. The first-order chi connectivity index (χ1) is 8.65. The molecule has 4 heteroatoms. The van der Waals surface area contributed by atoms with E-state index >= 15 is 0 Å². The third-order valence-corrected chi connectivity index (χ3v) is 3.75. The van der Waals surface area contributed by atoms with Crippen LogP contribution in [0.4, 0.5) is 0 Å². The number of likely N-dealkylation sites (N-methyl/N-ethyl adjacent to an activating group) is 1. The van der Waals surface area contributed by atoms with Crippen molar-refractivity contribution in [3.8, 4) is 0 Å². The van der Waals surface area contributed by atoms with Crippen molar-refractivity contribution >= 4 is 5.91 Å². The predicted molar refractivity (Wildman–Crippen MR) is 75.6 cm³/mol. The highest BCUT2D eigenvalue weighted by atomic mass is 16.2. The second kappa shape index (κ2) is 8.48. The van der Waals surface area contributed by atoms with Gasteiger partial charge in [0.05, 0.1) is 6.54 Å². The molecule has 106 valence electrons. The molecule has 0 radical (unpaired) electrons. The van der Waals surface area contributed by atoms with Gasteiger partial charge in [-0.25, -0.2) is 0 Å². The Morgan fingerprint density at radius 3 is 2.83 bits per heavy atom. The van der Waals surface area contributed by atoms with Crippen LogP contribution in [0.1, 0.15) is 40.0 Å². The Hall–Kier alpha value is -0.610. The van der Waals surface area contributed by atoms with Gasteiger partial charge in [-0.05, 0) is 51.7 Å². The topological polar surface area (TPSA) is 44.4 Å². The summed E-state index contributed by atoms with van der Waals surface area (Å²) in [4.78, 5) is 14.1. The molecule has 0 aromatic carbocycles. The van der Waals surface area contributed by atoms with Gasteiger partial charge in [-0.2, -0.15) is 0 Å². The molecule has 1 fully saturated rings. The van der Waals surface area contributed by atoms with Gasteiger partial charge >= 0.3 is 0 Å². The molecule has 0 bridgehead atoms. The summed E-state index contributed by atoms with van der Waals surface area (Å²) in [5.74, 6) is 0.866. The van der Waals surface area contributed by atoms with Crippen molar-refractivity contribution in [3.63, 3.8) is 0 Å². The Morgan fingerprint density at radius 2 is 2.28 bits per heavy atom. The smallest absolute Gasteiger partial charge is 0.234 e. The van der Waals surface area contributed by atoms with Gasteiger partial charge in [0.2, 0.25) is 5.91 Å². The van der Waals surface area contributed by atoms with Gasteiger partial charge in [-0.3, -0.25) is 9.69 Å². The van der Waals surface area contributed by atoms with Crippen LogP contribution in [0.2, 0.25) is 0 Å². The molecular formula is C14H29N3O. The minimum Gasteiger partial charge on any atom is -0.353 e. The minimum atomic E-state index is 0.162. The summed E-state index contributed by atoms with van der Waals surface area (Å²) in [6, 6.07) is 0.285. The van der Waals surface area contributed by atoms with E-state index in [0.29, 0.717) is 12.5 Å². The van der Waals surface area contributed by atoms with E-state index in [1.54, 1.807) is 0 Å². The summed E-state index contributed by atoms with van der Waals surface area (Å²) in [6.45, 7) is 11.1. The molecule has 1 amide bonds. The number of amides is 1. The van der Waals surface area contributed by atoms with Gasteiger partial charge in [0, 0.05) is 12.6 Å². The highest BCUT2D eigenvalue weighted by molar-refractivity contribution is 5.78. The molecule has 1 saturated heterocycles. The molecule has 1 aliphatic rings. The third kappa shape index (κ3) is 5.83. The minimum absolute atomic E-state index is 0.162. The first-order valence-electron chi connectivity index (χ1n) is 7.38. The molecule has 2 N–H and O–H groups in total. The molecule has 0 aliphatic carbocycles. The summed E-state index contributed by atoms with van der Waals surface area (Å²) < 4.78 is 0. The van der Waals surface area contributed by atoms with E-state index in [4.69, 9.17) is 0 Å². The van der Waals surface area contributed by atoms with E-state index in [-0.39, 0.29) is 11.9 Å². The summed E-state index contributed by atoms with van der Waals surface area (Å²) in [5.41, 5.74) is 0. The average Bonchev–Trinajstić information content (AvgIpc) is 2.38. The fourth-order valence-electron chi connectivity index (χ4n) is 2.38. The van der Waals surface area contributed by atoms with E-state index in [0.717, 1.165) is 32.6 Å². The summed E-state index contributed by atoms with van der Waals surface area (Å²) >= 11 is 0. The monoisotopic (exact) mass is 255 g/mol. The maximum Gasteiger partial charge on any atom is 0.234 e. The normalized spacial score (nSPS) is 21.9. The number of nitrogens with one attached hydrogen (secondary N) is 2. The van der Waals surface area contributed by atoms with E-state index in [9.17, 15) is 4.79 Å². The lowest BCUT2D eigenvalue weighted by Gasteiger charge is -2.29. The average molecular weight is 255 g/mol. The molecule has 18 heavy (non-hydrogen) atoms. The molecule has 1 heterocycles. The third-order valence-electron chi connectivity index (χ3n) is 3.75. The second-order valence-corrected chi connectivity index (χ2v) is 5.42. The second-order valence-electron chi connectivity index (χ2n) is 5.42. The van der Waals surface area contributed by atoms with Crippen LogP contribution in [-0.2, 0) is 4.79 Å². The van der Waals surface area contributed by atoms with Crippen LogP contribution < -0.4 is 10.6 Å². The van der Waals surface area contributed by atoms with Gasteiger partial charge in [0.1, 0.15) is 0 Å². The van der Waals surface area contributed by atoms with Gasteiger partial charge in [-0.1, -0.05) is 13.8 Å². The van der Waals surface area contributed by atoms with Crippen molar-refractivity contribution in [2.24, 2.45) is 5.92 Å². The van der Waals surface area contributed by atoms with E-state index in [1.807, 2.05) is 0 Å². The number of hydrogen-bond acceptors (Lipinski definition) is 3. The Bertz CT molecular complexity index is 239. The number of piperidine rings is 1. The lowest BCUT2D eigenvalue weighted by molar-refractivity contribution is -0.123. The van der Waals surface area contributed by atoms with Crippen molar-refractivity contribution < 1.29 is 4.79 Å². The summed E-state index contributed by atoms with van der Waals surface area (Å²) in [7, 11) is 0. The fraction of sp³-hybridized carbons (Fsp3) is 0.929. The lowest BCUT2D eigenvalue weighted by atomic mass is 9.99. The number of rotatable bonds is 7. The summed E-state index contributed by atoms with van der Waals surface area (Å²) in [6.07, 6.45) is 3.54. The van der Waals surface area contributed by atoms with E-state index < -0.39 is 0 Å². The fourth-order valence-corrected chi connectivity index (χ4v) is 2.38. The van der Waals surface area contributed by atoms with Crippen LogP contribution in [0.5, 0.6) is 0 Å². The van der Waals surface area contributed by atoms with Gasteiger partial charge in [0.15, 0.2) is 0 Å². The van der Waals surface area contributed by atoms with Crippen molar-refractivity contribution in [2.75, 3.05) is 32.7 Å². The van der Waals surface area contributed by atoms with Crippen LogP contribution in [0, 0.1) is 5.92 Å². The Labute approximate surface area is 111 Å². The Balaban J connectivity index is 2.29. The van der Waals surface area contributed by atoms with Crippen LogP contribution >= 0.6 is 0 Å². The molecule has 0 saturated carbocycles. The molecule has 0 spiro atoms. The van der Waals surface area contributed by atoms with Gasteiger partial charge in [-0.15, -0.1) is 0 Å².